The van der Waals surface area contributed by atoms with Crippen LogP contribution >= 0.6 is 0 Å². The van der Waals surface area contributed by atoms with Crippen LogP contribution in [0.1, 0.15) is 20.3 Å². The van der Waals surface area contributed by atoms with E-state index in [1.165, 1.54) is 22.8 Å². The van der Waals surface area contributed by atoms with Crippen LogP contribution in [-0.2, 0) is 4.84 Å². The van der Waals surface area contributed by atoms with Gasteiger partial charge in [-0.1, -0.05) is 5.57 Å². The van der Waals surface area contributed by atoms with Gasteiger partial charge in [-0.25, -0.2) is 5.06 Å². The lowest BCUT2D eigenvalue weighted by molar-refractivity contribution is -0.0970. The van der Waals surface area contributed by atoms with Crippen molar-refractivity contribution in [2.75, 3.05) is 26.9 Å². The molecule has 0 aromatic heterocycles. The predicted molar refractivity (Wildman–Crippen MR) is 69.4 cm³/mol. The average Bonchev–Trinajstić information content (AvgIpc) is 2.80. The Labute approximate surface area is 108 Å². The number of hydrogen-bond donors (Lipinski definition) is 1. The molecule has 0 amide bonds. The summed E-state index contributed by atoms with van der Waals surface area (Å²) >= 11 is 0. The maximum atomic E-state index is 5.30. The van der Waals surface area contributed by atoms with Gasteiger partial charge in [-0.3, -0.25) is 4.84 Å². The first kappa shape index (κ1) is 11.5. The number of allylic oxidation sites excluding steroid dienone is 1. The van der Waals surface area contributed by atoms with Crippen LogP contribution in [0.2, 0.25) is 0 Å². The van der Waals surface area contributed by atoms with Crippen LogP contribution in [0.15, 0.2) is 35.2 Å². The van der Waals surface area contributed by atoms with E-state index in [1.54, 1.807) is 7.11 Å². The third-order valence-electron chi connectivity index (χ3n) is 3.61. The zero-order valence-electron chi connectivity index (χ0n) is 11.2. The summed E-state index contributed by atoms with van der Waals surface area (Å²) in [5.41, 5.74) is 3.99. The third kappa shape index (κ3) is 1.66. The van der Waals surface area contributed by atoms with Gasteiger partial charge in [-0.05, 0) is 13.8 Å². The van der Waals surface area contributed by atoms with Gasteiger partial charge < -0.3 is 15.1 Å². The molecule has 0 saturated heterocycles. The maximum Gasteiger partial charge on any atom is 0.134 e. The highest BCUT2D eigenvalue weighted by Crippen LogP contribution is 2.33. The van der Waals surface area contributed by atoms with Crippen molar-refractivity contribution in [1.82, 2.24) is 20.2 Å². The molecule has 1 N–H and O–H groups in total. The molecule has 0 bridgehead atoms. The molecule has 0 unspecified atom stereocenters. The van der Waals surface area contributed by atoms with Gasteiger partial charge in [0, 0.05) is 19.2 Å². The third-order valence-corrected chi connectivity index (χ3v) is 3.61. The number of nitrogens with one attached hydrogen (secondary N) is 1. The summed E-state index contributed by atoms with van der Waals surface area (Å²) in [5.74, 6) is 1.28. The fourth-order valence-corrected chi connectivity index (χ4v) is 2.76. The molecule has 0 aromatic carbocycles. The smallest absolute Gasteiger partial charge is 0.134 e. The quantitative estimate of drug-likeness (QED) is 0.797. The number of nitrogens with zero attached hydrogens (tertiary/aromatic N) is 3. The van der Waals surface area contributed by atoms with E-state index in [1.807, 2.05) is 5.06 Å². The SMILES string of the molecule is CCN1C=C(C)CC2=C1N1CN(OC)C=C1CN2. The van der Waals surface area contributed by atoms with Crippen molar-refractivity contribution < 1.29 is 4.84 Å². The molecular formula is C13H20N4O. The van der Waals surface area contributed by atoms with Crippen LogP contribution < -0.4 is 5.32 Å². The van der Waals surface area contributed by atoms with Crippen molar-refractivity contribution in [2.24, 2.45) is 0 Å². The molecule has 0 aliphatic carbocycles. The number of fused-ring (bicyclic) bond motifs is 2. The van der Waals surface area contributed by atoms with E-state index in [2.05, 4.69) is 41.4 Å². The van der Waals surface area contributed by atoms with Crippen molar-refractivity contribution >= 4 is 0 Å². The Kier molecular flexibility index (Phi) is 2.70. The summed E-state index contributed by atoms with van der Waals surface area (Å²) in [6.45, 7) is 7.00. The summed E-state index contributed by atoms with van der Waals surface area (Å²) in [4.78, 5) is 9.95. The van der Waals surface area contributed by atoms with E-state index in [4.69, 9.17) is 4.84 Å². The van der Waals surface area contributed by atoms with E-state index >= 15 is 0 Å². The summed E-state index contributed by atoms with van der Waals surface area (Å²) < 4.78 is 0. The first-order chi connectivity index (χ1) is 8.72. The summed E-state index contributed by atoms with van der Waals surface area (Å²) in [7, 11) is 1.71. The second-order valence-corrected chi connectivity index (χ2v) is 4.88. The van der Waals surface area contributed by atoms with Gasteiger partial charge in [0.15, 0.2) is 0 Å². The number of hydrogen-bond acceptors (Lipinski definition) is 5. The summed E-state index contributed by atoms with van der Waals surface area (Å²) in [5, 5.41) is 5.40. The lowest BCUT2D eigenvalue weighted by Gasteiger charge is -2.40. The molecule has 18 heavy (non-hydrogen) atoms. The Balaban J connectivity index is 1.94. The fraction of sp³-hybridized carbons (Fsp3) is 0.538. The van der Waals surface area contributed by atoms with Crippen LogP contribution in [0.5, 0.6) is 0 Å². The highest BCUT2D eigenvalue weighted by Gasteiger charge is 2.33. The Morgan fingerprint density at radius 3 is 2.94 bits per heavy atom. The minimum atomic E-state index is 0.774. The monoisotopic (exact) mass is 248 g/mol. The van der Waals surface area contributed by atoms with Crippen molar-refractivity contribution in [3.8, 4) is 0 Å². The van der Waals surface area contributed by atoms with Crippen LogP contribution in [0.3, 0.4) is 0 Å². The largest absolute Gasteiger partial charge is 0.380 e. The maximum absolute atomic E-state index is 5.30. The van der Waals surface area contributed by atoms with E-state index in [0.717, 1.165) is 26.2 Å². The zero-order valence-corrected chi connectivity index (χ0v) is 11.2. The van der Waals surface area contributed by atoms with Gasteiger partial charge in [0.2, 0.25) is 0 Å². The van der Waals surface area contributed by atoms with E-state index < -0.39 is 0 Å². The molecule has 3 aliphatic heterocycles. The van der Waals surface area contributed by atoms with Crippen molar-refractivity contribution in [3.63, 3.8) is 0 Å². The average molecular weight is 248 g/mol. The molecule has 0 saturated carbocycles. The molecule has 3 heterocycles. The molecule has 98 valence electrons. The normalized spacial score (nSPS) is 22.5. The van der Waals surface area contributed by atoms with E-state index in [-0.39, 0.29) is 0 Å². The second-order valence-electron chi connectivity index (χ2n) is 4.88. The molecular weight excluding hydrogens is 228 g/mol. The first-order valence-corrected chi connectivity index (χ1v) is 6.43. The highest BCUT2D eigenvalue weighted by atomic mass is 16.7. The fourth-order valence-electron chi connectivity index (χ4n) is 2.76. The number of hydroxylamine groups is 2. The van der Waals surface area contributed by atoms with Crippen LogP contribution in [0.25, 0.3) is 0 Å². The van der Waals surface area contributed by atoms with Gasteiger partial charge in [-0.2, -0.15) is 0 Å². The topological polar surface area (TPSA) is 31.0 Å². The minimum absolute atomic E-state index is 0.774. The number of rotatable bonds is 2. The Hall–Kier alpha value is -1.62. The van der Waals surface area contributed by atoms with Crippen molar-refractivity contribution in [3.05, 3.63) is 35.2 Å². The van der Waals surface area contributed by atoms with E-state index in [9.17, 15) is 0 Å². The molecule has 0 aromatic rings. The van der Waals surface area contributed by atoms with Gasteiger partial charge in [0.05, 0.1) is 31.2 Å². The minimum Gasteiger partial charge on any atom is -0.380 e. The van der Waals surface area contributed by atoms with Crippen LogP contribution in [0, 0.1) is 0 Å². The zero-order chi connectivity index (χ0) is 12.7. The summed E-state index contributed by atoms with van der Waals surface area (Å²) in [6.07, 6.45) is 5.33. The Bertz CT molecular complexity index is 452. The molecule has 0 spiro atoms. The van der Waals surface area contributed by atoms with Crippen molar-refractivity contribution in [1.29, 1.82) is 0 Å². The molecule has 0 radical (unpaired) electrons. The Morgan fingerprint density at radius 1 is 1.39 bits per heavy atom. The first-order valence-electron chi connectivity index (χ1n) is 6.43. The van der Waals surface area contributed by atoms with Crippen molar-refractivity contribution in [2.45, 2.75) is 20.3 Å². The second kappa shape index (κ2) is 4.24. The Morgan fingerprint density at radius 2 is 2.22 bits per heavy atom. The molecule has 0 atom stereocenters. The lowest BCUT2D eigenvalue weighted by Crippen LogP contribution is -2.44. The molecule has 5 nitrogen and oxygen atoms in total. The predicted octanol–water partition coefficient (Wildman–Crippen LogP) is 1.37. The summed E-state index contributed by atoms with van der Waals surface area (Å²) in [6, 6.07) is 0. The van der Waals surface area contributed by atoms with Gasteiger partial charge in [-0.15, -0.1) is 0 Å². The molecule has 3 rings (SSSR count). The molecule has 5 heteroatoms. The standard InChI is InChI=1S/C13H20N4O/c1-4-15-7-10(2)5-12-13(15)17-9-16(18-3)8-11(17)6-14-12/h7-8,14H,4-6,9H2,1-3H3. The van der Waals surface area contributed by atoms with Gasteiger partial charge in [0.25, 0.3) is 0 Å². The van der Waals surface area contributed by atoms with Crippen LogP contribution in [-0.4, -0.2) is 41.7 Å². The van der Waals surface area contributed by atoms with Gasteiger partial charge in [0.1, 0.15) is 12.5 Å². The lowest BCUT2D eigenvalue weighted by atomic mass is 10.1. The highest BCUT2D eigenvalue weighted by molar-refractivity contribution is 5.33. The van der Waals surface area contributed by atoms with Gasteiger partial charge >= 0.3 is 0 Å². The van der Waals surface area contributed by atoms with E-state index in [0.29, 0.717) is 0 Å². The molecule has 3 aliphatic rings. The van der Waals surface area contributed by atoms with Crippen LogP contribution in [0.4, 0.5) is 0 Å². The molecule has 0 fully saturated rings.